The van der Waals surface area contributed by atoms with Crippen molar-refractivity contribution < 1.29 is 4.79 Å². The normalized spacial score (nSPS) is 23.1. The molecule has 0 spiro atoms. The number of hydrogen-bond donors (Lipinski definition) is 2. The maximum atomic E-state index is 11.9. The van der Waals surface area contributed by atoms with Crippen LogP contribution in [-0.4, -0.2) is 29.7 Å². The molecule has 1 fully saturated rings. The highest BCUT2D eigenvalue weighted by atomic mass is 32.2. The second-order valence-electron chi connectivity index (χ2n) is 5.31. The standard InChI is InChI=1S/C15H19N3OS/c1-10(14(19)18-12-7-8-12)17-15-16-9-13(20-15)11-5-3-2-4-6-11/h2-6,10,12-13H,7-9H2,1H3,(H,16,17)(H,18,19). The number of carbonyl (C=O) groups excluding carboxylic acids is 1. The van der Waals surface area contributed by atoms with E-state index in [9.17, 15) is 4.79 Å². The summed E-state index contributed by atoms with van der Waals surface area (Å²) in [6.07, 6.45) is 2.23. The summed E-state index contributed by atoms with van der Waals surface area (Å²) in [5.74, 6) is 0.0685. The van der Waals surface area contributed by atoms with Gasteiger partial charge < -0.3 is 10.6 Å². The number of thioether (sulfide) groups is 1. The molecule has 106 valence electrons. The molecular formula is C15H19N3OS. The van der Waals surface area contributed by atoms with Crippen molar-refractivity contribution in [3.05, 3.63) is 35.9 Å². The first-order valence-electron chi connectivity index (χ1n) is 7.05. The maximum absolute atomic E-state index is 11.9. The zero-order valence-electron chi connectivity index (χ0n) is 11.5. The van der Waals surface area contributed by atoms with Gasteiger partial charge >= 0.3 is 0 Å². The number of carbonyl (C=O) groups is 1. The van der Waals surface area contributed by atoms with Crippen LogP contribution in [0.25, 0.3) is 0 Å². The van der Waals surface area contributed by atoms with Gasteiger partial charge in [0.1, 0.15) is 6.04 Å². The molecule has 1 aromatic rings. The topological polar surface area (TPSA) is 53.5 Å². The largest absolute Gasteiger partial charge is 0.353 e. The summed E-state index contributed by atoms with van der Waals surface area (Å²) in [5.41, 5.74) is 1.29. The summed E-state index contributed by atoms with van der Waals surface area (Å²) < 4.78 is 0. The second-order valence-corrected chi connectivity index (χ2v) is 6.50. The Labute approximate surface area is 123 Å². The molecule has 2 aliphatic rings. The van der Waals surface area contributed by atoms with Gasteiger partial charge in [-0.15, -0.1) is 0 Å². The number of rotatable bonds is 4. The van der Waals surface area contributed by atoms with E-state index in [0.29, 0.717) is 11.3 Å². The van der Waals surface area contributed by atoms with Gasteiger partial charge in [-0.05, 0) is 25.3 Å². The van der Waals surface area contributed by atoms with E-state index in [4.69, 9.17) is 0 Å². The van der Waals surface area contributed by atoms with Crippen LogP contribution in [0, 0.1) is 0 Å². The van der Waals surface area contributed by atoms with E-state index < -0.39 is 0 Å². The number of amidine groups is 1. The Kier molecular flexibility index (Phi) is 3.96. The SMILES string of the molecule is CC(NC1=NCC(c2ccccc2)S1)C(=O)NC1CC1. The van der Waals surface area contributed by atoms with Crippen molar-refractivity contribution in [1.29, 1.82) is 0 Å². The lowest BCUT2D eigenvalue weighted by Crippen LogP contribution is -2.44. The van der Waals surface area contributed by atoms with Gasteiger partial charge in [-0.1, -0.05) is 42.1 Å². The molecule has 2 atom stereocenters. The Morgan fingerprint density at radius 2 is 2.10 bits per heavy atom. The van der Waals surface area contributed by atoms with Crippen molar-refractivity contribution in [2.75, 3.05) is 6.54 Å². The molecular weight excluding hydrogens is 270 g/mol. The molecule has 1 saturated carbocycles. The molecule has 2 unspecified atom stereocenters. The zero-order valence-corrected chi connectivity index (χ0v) is 12.3. The van der Waals surface area contributed by atoms with Crippen LogP contribution in [0.1, 0.15) is 30.6 Å². The second kappa shape index (κ2) is 5.87. The first-order valence-corrected chi connectivity index (χ1v) is 7.93. The van der Waals surface area contributed by atoms with Gasteiger partial charge in [-0.2, -0.15) is 0 Å². The van der Waals surface area contributed by atoms with Crippen molar-refractivity contribution in [3.8, 4) is 0 Å². The molecule has 5 heteroatoms. The fourth-order valence-electron chi connectivity index (χ4n) is 2.10. The van der Waals surface area contributed by atoms with Crippen molar-refractivity contribution in [2.45, 2.75) is 37.1 Å². The van der Waals surface area contributed by atoms with Crippen LogP contribution < -0.4 is 10.6 Å². The van der Waals surface area contributed by atoms with E-state index in [1.807, 2.05) is 25.1 Å². The van der Waals surface area contributed by atoms with Crippen LogP contribution in [-0.2, 0) is 4.79 Å². The zero-order chi connectivity index (χ0) is 13.9. The van der Waals surface area contributed by atoms with Crippen LogP contribution in [0.4, 0.5) is 0 Å². The van der Waals surface area contributed by atoms with Gasteiger partial charge in [0, 0.05) is 6.04 Å². The molecule has 0 radical (unpaired) electrons. The van der Waals surface area contributed by atoms with E-state index in [0.717, 1.165) is 24.6 Å². The molecule has 0 aromatic heterocycles. The minimum absolute atomic E-state index is 0.0685. The number of nitrogens with one attached hydrogen (secondary N) is 2. The van der Waals surface area contributed by atoms with Crippen molar-refractivity contribution >= 4 is 22.8 Å². The number of hydrogen-bond acceptors (Lipinski definition) is 4. The molecule has 4 nitrogen and oxygen atoms in total. The fourth-order valence-corrected chi connectivity index (χ4v) is 3.21. The number of nitrogens with zero attached hydrogens (tertiary/aromatic N) is 1. The molecule has 3 rings (SSSR count). The summed E-state index contributed by atoms with van der Waals surface area (Å²) in [4.78, 5) is 16.4. The first-order chi connectivity index (χ1) is 9.72. The predicted octanol–water partition coefficient (Wildman–Crippen LogP) is 2.09. The Balaban J connectivity index is 1.50. The van der Waals surface area contributed by atoms with Crippen molar-refractivity contribution in [1.82, 2.24) is 10.6 Å². The van der Waals surface area contributed by atoms with Crippen molar-refractivity contribution in [3.63, 3.8) is 0 Å². The number of benzene rings is 1. The van der Waals surface area contributed by atoms with Gasteiger partial charge in [0.15, 0.2) is 5.17 Å². The first kappa shape index (κ1) is 13.5. The van der Waals surface area contributed by atoms with E-state index in [1.165, 1.54) is 5.56 Å². The number of aliphatic imine (C=N–C) groups is 1. The molecule has 20 heavy (non-hydrogen) atoms. The lowest BCUT2D eigenvalue weighted by molar-refractivity contribution is -0.122. The van der Waals surface area contributed by atoms with Crippen LogP contribution in [0.3, 0.4) is 0 Å². The quantitative estimate of drug-likeness (QED) is 0.892. The summed E-state index contributed by atoms with van der Waals surface area (Å²) >= 11 is 1.70. The van der Waals surface area contributed by atoms with Gasteiger partial charge in [0.25, 0.3) is 0 Å². The molecule has 1 heterocycles. The van der Waals surface area contributed by atoms with Crippen LogP contribution in [0.5, 0.6) is 0 Å². The van der Waals surface area contributed by atoms with Gasteiger partial charge in [-0.3, -0.25) is 9.79 Å². The summed E-state index contributed by atoms with van der Waals surface area (Å²) in [5, 5.41) is 7.45. The summed E-state index contributed by atoms with van der Waals surface area (Å²) in [7, 11) is 0. The average molecular weight is 289 g/mol. The number of amides is 1. The smallest absolute Gasteiger partial charge is 0.242 e. The van der Waals surface area contributed by atoms with Gasteiger partial charge in [-0.25, -0.2) is 0 Å². The lowest BCUT2D eigenvalue weighted by atomic mass is 10.1. The Morgan fingerprint density at radius 3 is 2.80 bits per heavy atom. The third-order valence-corrected chi connectivity index (χ3v) is 4.66. The van der Waals surface area contributed by atoms with E-state index in [-0.39, 0.29) is 11.9 Å². The molecule has 0 bridgehead atoms. The van der Waals surface area contributed by atoms with E-state index in [2.05, 4.69) is 27.8 Å². The molecule has 1 aromatic carbocycles. The van der Waals surface area contributed by atoms with Gasteiger partial charge in [0.05, 0.1) is 11.8 Å². The van der Waals surface area contributed by atoms with Gasteiger partial charge in [0.2, 0.25) is 5.91 Å². The van der Waals surface area contributed by atoms with Crippen LogP contribution in [0.2, 0.25) is 0 Å². The minimum atomic E-state index is -0.226. The minimum Gasteiger partial charge on any atom is -0.353 e. The molecule has 1 aliphatic carbocycles. The van der Waals surface area contributed by atoms with E-state index >= 15 is 0 Å². The third-order valence-electron chi connectivity index (χ3n) is 3.48. The molecule has 0 saturated heterocycles. The monoisotopic (exact) mass is 289 g/mol. The van der Waals surface area contributed by atoms with E-state index in [1.54, 1.807) is 11.8 Å². The molecule has 1 aliphatic heterocycles. The predicted molar refractivity (Wildman–Crippen MR) is 82.8 cm³/mol. The highest BCUT2D eigenvalue weighted by molar-refractivity contribution is 8.14. The molecule has 2 N–H and O–H groups in total. The van der Waals surface area contributed by atoms with Crippen LogP contribution in [0.15, 0.2) is 35.3 Å². The third kappa shape index (κ3) is 3.33. The Hall–Kier alpha value is -1.49. The molecule has 1 amide bonds. The highest BCUT2D eigenvalue weighted by Crippen LogP contribution is 2.34. The fraction of sp³-hybridized carbons (Fsp3) is 0.467. The Morgan fingerprint density at radius 1 is 1.35 bits per heavy atom. The average Bonchev–Trinajstić information content (AvgIpc) is 3.16. The van der Waals surface area contributed by atoms with Crippen molar-refractivity contribution in [2.24, 2.45) is 4.99 Å². The summed E-state index contributed by atoms with van der Waals surface area (Å²) in [6, 6.07) is 10.5. The van der Waals surface area contributed by atoms with Crippen LogP contribution >= 0.6 is 11.8 Å². The lowest BCUT2D eigenvalue weighted by Gasteiger charge is -2.15. The highest BCUT2D eigenvalue weighted by Gasteiger charge is 2.27. The maximum Gasteiger partial charge on any atom is 0.242 e. The summed E-state index contributed by atoms with van der Waals surface area (Å²) in [6.45, 7) is 2.66. The Bertz CT molecular complexity index is 513.